The van der Waals surface area contributed by atoms with Gasteiger partial charge in [-0.2, -0.15) is 0 Å². The van der Waals surface area contributed by atoms with Crippen molar-refractivity contribution in [3.05, 3.63) is 30.1 Å². The normalized spacial score (nSPS) is 12.9. The van der Waals surface area contributed by atoms with Gasteiger partial charge in [0, 0.05) is 24.2 Å². The molecule has 0 saturated heterocycles. The highest BCUT2D eigenvalue weighted by Gasteiger charge is 2.25. The Morgan fingerprint density at radius 3 is 2.82 bits per heavy atom. The second-order valence-electron chi connectivity index (χ2n) is 5.95. The molecule has 2 aromatic heterocycles. The van der Waals surface area contributed by atoms with Crippen LogP contribution >= 0.6 is 0 Å². The van der Waals surface area contributed by atoms with E-state index in [1.807, 2.05) is 6.07 Å². The summed E-state index contributed by atoms with van der Waals surface area (Å²) in [6.45, 7) is 5.15. The van der Waals surface area contributed by atoms with Crippen LogP contribution in [0.2, 0.25) is 0 Å². The van der Waals surface area contributed by atoms with Crippen LogP contribution in [0.1, 0.15) is 26.3 Å². The Balaban J connectivity index is 2.12. The molecule has 0 saturated carbocycles. The summed E-state index contributed by atoms with van der Waals surface area (Å²) in [5, 5.41) is 12.5. The van der Waals surface area contributed by atoms with E-state index in [9.17, 15) is 14.7 Å². The number of rotatable bonds is 4. The fourth-order valence-corrected chi connectivity index (χ4v) is 2.05. The molecule has 0 aliphatic carbocycles. The van der Waals surface area contributed by atoms with Crippen LogP contribution < -0.4 is 5.32 Å². The van der Waals surface area contributed by atoms with Gasteiger partial charge in [0.2, 0.25) is 0 Å². The number of nitrogens with one attached hydrogen (secondary N) is 2. The van der Waals surface area contributed by atoms with Crippen molar-refractivity contribution in [2.24, 2.45) is 0 Å². The molecule has 2 rings (SSSR count). The van der Waals surface area contributed by atoms with Crippen LogP contribution in [0.15, 0.2) is 24.5 Å². The first-order valence-electron chi connectivity index (χ1n) is 6.89. The number of aromatic nitrogens is 2. The molecular formula is C15H19N3O4. The van der Waals surface area contributed by atoms with E-state index in [2.05, 4.69) is 15.3 Å². The van der Waals surface area contributed by atoms with Gasteiger partial charge < -0.3 is 20.1 Å². The molecule has 0 aromatic carbocycles. The highest BCUT2D eigenvalue weighted by molar-refractivity contribution is 5.83. The van der Waals surface area contributed by atoms with E-state index in [1.165, 1.54) is 0 Å². The Hall–Kier alpha value is -2.57. The highest BCUT2D eigenvalue weighted by atomic mass is 16.6. The number of carbonyl (C=O) groups is 2. The van der Waals surface area contributed by atoms with Crippen molar-refractivity contribution in [3.8, 4) is 0 Å². The Kier molecular flexibility index (Phi) is 4.35. The SMILES string of the molecule is CC(C)(C)OC(=O)NC(Cc1c[nH]c2ncccc12)C(=O)O. The third-order valence-electron chi connectivity index (χ3n) is 2.95. The van der Waals surface area contributed by atoms with Crippen LogP contribution in [-0.4, -0.2) is 38.8 Å². The summed E-state index contributed by atoms with van der Waals surface area (Å²) >= 11 is 0. The summed E-state index contributed by atoms with van der Waals surface area (Å²) in [7, 11) is 0. The van der Waals surface area contributed by atoms with Crippen molar-refractivity contribution in [2.45, 2.75) is 38.8 Å². The maximum atomic E-state index is 11.7. The number of carbonyl (C=O) groups excluding carboxylic acids is 1. The third-order valence-corrected chi connectivity index (χ3v) is 2.95. The maximum Gasteiger partial charge on any atom is 0.408 e. The van der Waals surface area contributed by atoms with E-state index < -0.39 is 23.7 Å². The topological polar surface area (TPSA) is 104 Å². The molecule has 0 aliphatic heterocycles. The summed E-state index contributed by atoms with van der Waals surface area (Å²) in [6, 6.07) is 2.55. The lowest BCUT2D eigenvalue weighted by atomic mass is 10.1. The van der Waals surface area contributed by atoms with E-state index >= 15 is 0 Å². The number of hydrogen-bond donors (Lipinski definition) is 3. The first-order chi connectivity index (χ1) is 10.3. The number of carboxylic acid groups (broad SMARTS) is 1. The Morgan fingerprint density at radius 2 is 2.18 bits per heavy atom. The second kappa shape index (κ2) is 6.05. The molecule has 2 aromatic rings. The molecule has 22 heavy (non-hydrogen) atoms. The number of hydrogen-bond acceptors (Lipinski definition) is 4. The lowest BCUT2D eigenvalue weighted by Crippen LogP contribution is -2.44. The van der Waals surface area contributed by atoms with Crippen molar-refractivity contribution in [3.63, 3.8) is 0 Å². The highest BCUT2D eigenvalue weighted by Crippen LogP contribution is 2.17. The number of nitrogens with zero attached hydrogens (tertiary/aromatic N) is 1. The minimum Gasteiger partial charge on any atom is -0.480 e. The Bertz CT molecular complexity index is 687. The van der Waals surface area contributed by atoms with Crippen molar-refractivity contribution in [2.75, 3.05) is 0 Å². The molecule has 0 spiro atoms. The van der Waals surface area contributed by atoms with Gasteiger partial charge in [0.15, 0.2) is 0 Å². The van der Waals surface area contributed by atoms with Gasteiger partial charge in [-0.15, -0.1) is 0 Å². The van der Waals surface area contributed by atoms with Gasteiger partial charge in [0.25, 0.3) is 0 Å². The molecule has 7 heteroatoms. The van der Waals surface area contributed by atoms with Crippen molar-refractivity contribution in [1.82, 2.24) is 15.3 Å². The van der Waals surface area contributed by atoms with Gasteiger partial charge in [-0.1, -0.05) is 0 Å². The van der Waals surface area contributed by atoms with Crippen molar-refractivity contribution < 1.29 is 19.4 Å². The molecule has 2 heterocycles. The molecule has 0 aliphatic rings. The monoisotopic (exact) mass is 305 g/mol. The van der Waals surface area contributed by atoms with Gasteiger partial charge in [-0.05, 0) is 38.5 Å². The molecule has 3 N–H and O–H groups in total. The zero-order valence-corrected chi connectivity index (χ0v) is 12.7. The molecule has 1 atom stereocenters. The average molecular weight is 305 g/mol. The van der Waals surface area contributed by atoms with E-state index in [-0.39, 0.29) is 6.42 Å². The number of fused-ring (bicyclic) bond motifs is 1. The van der Waals surface area contributed by atoms with E-state index in [0.29, 0.717) is 5.65 Å². The fraction of sp³-hybridized carbons (Fsp3) is 0.400. The standard InChI is InChI=1S/C15H19N3O4/c1-15(2,3)22-14(21)18-11(13(19)20)7-9-8-17-12-10(9)5-4-6-16-12/h4-6,8,11H,7H2,1-3H3,(H,16,17)(H,18,21)(H,19,20). The summed E-state index contributed by atoms with van der Waals surface area (Å²) in [4.78, 5) is 30.2. The zero-order chi connectivity index (χ0) is 16.3. The largest absolute Gasteiger partial charge is 0.480 e. The first kappa shape index (κ1) is 15.8. The third kappa shape index (κ3) is 3.97. The zero-order valence-electron chi connectivity index (χ0n) is 12.7. The van der Waals surface area contributed by atoms with Gasteiger partial charge in [0.1, 0.15) is 17.3 Å². The number of alkyl carbamates (subject to hydrolysis) is 1. The number of aromatic amines is 1. The molecule has 1 unspecified atom stereocenters. The van der Waals surface area contributed by atoms with Crippen LogP contribution in [0.25, 0.3) is 11.0 Å². The predicted molar refractivity (Wildman–Crippen MR) is 80.6 cm³/mol. The number of pyridine rings is 1. The van der Waals surface area contributed by atoms with Crippen LogP contribution in [0.5, 0.6) is 0 Å². The summed E-state index contributed by atoms with van der Waals surface area (Å²) in [5.74, 6) is -1.12. The molecule has 0 fully saturated rings. The Morgan fingerprint density at radius 1 is 1.45 bits per heavy atom. The summed E-state index contributed by atoms with van der Waals surface area (Å²) in [5.41, 5.74) is 0.767. The van der Waals surface area contributed by atoms with Crippen LogP contribution in [0.4, 0.5) is 4.79 Å². The first-order valence-corrected chi connectivity index (χ1v) is 6.89. The summed E-state index contributed by atoms with van der Waals surface area (Å²) in [6.07, 6.45) is 2.74. The minimum atomic E-state index is -1.12. The van der Waals surface area contributed by atoms with Crippen molar-refractivity contribution >= 4 is 23.1 Å². The fourth-order valence-electron chi connectivity index (χ4n) is 2.05. The molecular weight excluding hydrogens is 286 g/mol. The van der Waals surface area contributed by atoms with Gasteiger partial charge in [-0.3, -0.25) is 0 Å². The van der Waals surface area contributed by atoms with E-state index in [4.69, 9.17) is 4.74 Å². The molecule has 0 radical (unpaired) electrons. The number of ether oxygens (including phenoxy) is 1. The number of carboxylic acids is 1. The minimum absolute atomic E-state index is 0.139. The van der Waals surface area contributed by atoms with E-state index in [0.717, 1.165) is 10.9 Å². The molecule has 1 amide bonds. The van der Waals surface area contributed by atoms with Crippen molar-refractivity contribution in [1.29, 1.82) is 0 Å². The number of aliphatic carboxylic acids is 1. The van der Waals surface area contributed by atoms with E-state index in [1.54, 1.807) is 39.2 Å². The van der Waals surface area contributed by atoms with Crippen LogP contribution in [0, 0.1) is 0 Å². The number of amides is 1. The molecule has 0 bridgehead atoms. The molecule has 118 valence electrons. The lowest BCUT2D eigenvalue weighted by Gasteiger charge is -2.21. The van der Waals surface area contributed by atoms with Gasteiger partial charge >= 0.3 is 12.1 Å². The summed E-state index contributed by atoms with van der Waals surface area (Å²) < 4.78 is 5.09. The average Bonchev–Trinajstić information content (AvgIpc) is 2.79. The second-order valence-corrected chi connectivity index (χ2v) is 5.95. The molecule has 7 nitrogen and oxygen atoms in total. The van der Waals surface area contributed by atoms with Gasteiger partial charge in [0.05, 0.1) is 0 Å². The van der Waals surface area contributed by atoms with Crippen LogP contribution in [0.3, 0.4) is 0 Å². The Labute approximate surface area is 127 Å². The predicted octanol–water partition coefficient (Wildman–Crippen LogP) is 2.08. The quantitative estimate of drug-likeness (QED) is 0.802. The lowest BCUT2D eigenvalue weighted by molar-refractivity contribution is -0.139. The smallest absolute Gasteiger partial charge is 0.408 e. The number of H-pyrrole nitrogens is 1. The van der Waals surface area contributed by atoms with Gasteiger partial charge in [-0.25, -0.2) is 14.6 Å². The van der Waals surface area contributed by atoms with Crippen LogP contribution in [-0.2, 0) is 16.0 Å². The maximum absolute atomic E-state index is 11.7.